The minimum absolute atomic E-state index is 0.123. The maximum absolute atomic E-state index is 14.2. The lowest BCUT2D eigenvalue weighted by molar-refractivity contribution is -0.135. The van der Waals surface area contributed by atoms with Gasteiger partial charge in [-0.2, -0.15) is 0 Å². The lowest BCUT2D eigenvalue weighted by atomic mass is 9.72. The van der Waals surface area contributed by atoms with E-state index in [1.807, 2.05) is 26.0 Å². The van der Waals surface area contributed by atoms with Gasteiger partial charge in [-0.1, -0.05) is 68.5 Å². The van der Waals surface area contributed by atoms with E-state index in [9.17, 15) is 9.59 Å². The van der Waals surface area contributed by atoms with Crippen molar-refractivity contribution in [3.63, 3.8) is 0 Å². The largest absolute Gasteiger partial charge is 0.469 e. The van der Waals surface area contributed by atoms with Crippen LogP contribution in [0.15, 0.2) is 75.7 Å². The summed E-state index contributed by atoms with van der Waals surface area (Å²) in [6.07, 6.45) is 5.26. The van der Waals surface area contributed by atoms with E-state index in [1.54, 1.807) is 6.20 Å². The summed E-state index contributed by atoms with van der Waals surface area (Å²) in [5, 5.41) is 10.0. The highest BCUT2D eigenvalue weighted by Gasteiger charge is 2.61. The monoisotopic (exact) mass is 693 g/mol. The molecule has 1 fully saturated rings. The number of ether oxygens (including phenoxy) is 2. The van der Waals surface area contributed by atoms with E-state index in [0.29, 0.717) is 47.8 Å². The molecule has 260 valence electrons. The van der Waals surface area contributed by atoms with E-state index < -0.39 is 29.8 Å². The van der Waals surface area contributed by atoms with Crippen LogP contribution >= 0.6 is 0 Å². The molecule has 11 rings (SSSR count). The van der Waals surface area contributed by atoms with Gasteiger partial charge in [0.25, 0.3) is 0 Å². The summed E-state index contributed by atoms with van der Waals surface area (Å²) in [4.78, 5) is 37.6. The van der Waals surface area contributed by atoms with Crippen molar-refractivity contribution in [3.8, 4) is 28.5 Å². The Morgan fingerprint density at radius 2 is 1.92 bits per heavy atom. The van der Waals surface area contributed by atoms with Crippen LogP contribution in [0.4, 0.5) is 5.69 Å². The average molecular weight is 694 g/mol. The second kappa shape index (κ2) is 10.7. The maximum Gasteiger partial charge on any atom is 0.249 e. The first kappa shape index (κ1) is 30.0. The number of benzene rings is 3. The molecule has 3 N–H and O–H groups in total. The van der Waals surface area contributed by atoms with E-state index >= 15 is 0 Å². The number of amides is 2. The van der Waals surface area contributed by atoms with Gasteiger partial charge in [-0.15, -0.1) is 0 Å². The van der Waals surface area contributed by atoms with Crippen LogP contribution in [-0.2, 0) is 32.6 Å². The molecular formula is C41H35N5O6. The fraction of sp³-hybridized carbons (Fsp3) is 0.317. The third-order valence-corrected chi connectivity index (χ3v) is 11.6. The summed E-state index contributed by atoms with van der Waals surface area (Å²) in [5.41, 5.74) is 8.58. The van der Waals surface area contributed by atoms with Gasteiger partial charge in [0.2, 0.25) is 23.6 Å². The zero-order valence-electron chi connectivity index (χ0n) is 28.6. The van der Waals surface area contributed by atoms with Crippen LogP contribution in [0.5, 0.6) is 5.75 Å². The second-order valence-corrected chi connectivity index (χ2v) is 14.9. The Labute approximate surface area is 298 Å². The van der Waals surface area contributed by atoms with Crippen LogP contribution in [0.1, 0.15) is 78.0 Å². The van der Waals surface area contributed by atoms with Gasteiger partial charge in [0, 0.05) is 41.0 Å². The highest BCUT2D eigenvalue weighted by atomic mass is 16.5. The standard InChI is InChI=1S/C41H35N5O6/c1-19(2)32-39-45-34-35(52-39)41-25-9-4-8-23(22-7-3-6-21-12-13-24(31(21)22)30-18-42-38(34)50-30)33(25)46-40(41)51-28-14-11-20(16-26(28)41)17-27(36(47)44-32)43-37(48)29-10-5-15-49-29/h3-4,6-9,11,13-14,16,18-19,27,29,32,40,46H,5,10,12,15,17H2,1-2H3,(H,43,48)(H,44,47)/t27?,29-,32+,40+,41?/m1/s1. The number of oxazole rings is 2. The molecule has 1 spiro atoms. The van der Waals surface area contributed by atoms with Gasteiger partial charge < -0.3 is 34.3 Å². The van der Waals surface area contributed by atoms with Crippen LogP contribution in [0.2, 0.25) is 0 Å². The molecule has 1 aliphatic carbocycles. The molecule has 1 saturated heterocycles. The van der Waals surface area contributed by atoms with Gasteiger partial charge in [0.05, 0.1) is 6.20 Å². The molecule has 6 aliphatic rings. The highest BCUT2D eigenvalue weighted by Crippen LogP contribution is 2.61. The van der Waals surface area contributed by atoms with Crippen molar-refractivity contribution < 1.29 is 27.9 Å². The summed E-state index contributed by atoms with van der Waals surface area (Å²) in [7, 11) is 0. The van der Waals surface area contributed by atoms with Crippen molar-refractivity contribution in [2.24, 2.45) is 5.92 Å². The molecule has 11 heteroatoms. The van der Waals surface area contributed by atoms with Crippen molar-refractivity contribution in [1.29, 1.82) is 0 Å². The van der Waals surface area contributed by atoms with E-state index in [0.717, 1.165) is 57.5 Å². The Morgan fingerprint density at radius 1 is 1.04 bits per heavy atom. The number of allylic oxidation sites excluding steroid dienone is 1. The number of nitrogens with one attached hydrogen (secondary N) is 3. The van der Waals surface area contributed by atoms with Crippen molar-refractivity contribution in [3.05, 3.63) is 112 Å². The molecule has 0 saturated carbocycles. The van der Waals surface area contributed by atoms with E-state index in [1.165, 1.54) is 5.56 Å². The lowest BCUT2D eigenvalue weighted by Crippen LogP contribution is -2.51. The second-order valence-electron chi connectivity index (χ2n) is 14.9. The predicted octanol–water partition coefficient (Wildman–Crippen LogP) is 5.81. The average Bonchev–Trinajstić information content (AvgIpc) is 3.99. The first-order chi connectivity index (χ1) is 25.4. The molecule has 5 atom stereocenters. The van der Waals surface area contributed by atoms with E-state index in [4.69, 9.17) is 28.3 Å². The van der Waals surface area contributed by atoms with Crippen molar-refractivity contribution in [1.82, 2.24) is 20.6 Å². The van der Waals surface area contributed by atoms with Crippen molar-refractivity contribution in [2.75, 3.05) is 11.9 Å². The summed E-state index contributed by atoms with van der Waals surface area (Å²) in [6.45, 7) is 4.54. The summed E-state index contributed by atoms with van der Waals surface area (Å²) >= 11 is 0. The third kappa shape index (κ3) is 3.99. The maximum atomic E-state index is 14.2. The minimum atomic E-state index is -1.01. The van der Waals surface area contributed by atoms with Gasteiger partial charge >= 0.3 is 0 Å². The SMILES string of the molecule is CC(C)[C@@H]1NC(=O)C(NC(=O)[C@H]2CCCO2)Cc2ccc3c(c2)C24c5cccc(c5N[C@H]2O3)-c2cccc3c2C(=CC3)c2cnc(o2)-c2nc1oc24. The van der Waals surface area contributed by atoms with Crippen LogP contribution in [-0.4, -0.2) is 46.8 Å². The smallest absolute Gasteiger partial charge is 0.249 e. The number of rotatable bonds is 3. The molecule has 0 radical (unpaired) electrons. The molecule has 52 heavy (non-hydrogen) atoms. The number of para-hydroxylation sites is 1. The Morgan fingerprint density at radius 3 is 2.79 bits per heavy atom. The molecule has 2 amide bonds. The quantitative estimate of drug-likeness (QED) is 0.214. The van der Waals surface area contributed by atoms with Crippen molar-refractivity contribution >= 4 is 23.1 Å². The molecule has 2 aromatic heterocycles. The fourth-order valence-electron chi connectivity index (χ4n) is 9.15. The molecule has 5 aromatic rings. The van der Waals surface area contributed by atoms with Gasteiger partial charge in [-0.3, -0.25) is 9.59 Å². The highest BCUT2D eigenvalue weighted by molar-refractivity contribution is 5.97. The van der Waals surface area contributed by atoms with Gasteiger partial charge in [-0.05, 0) is 53.5 Å². The normalized spacial score (nSPS) is 25.6. The Bertz CT molecular complexity index is 2400. The summed E-state index contributed by atoms with van der Waals surface area (Å²) in [5.74, 6) is 1.76. The van der Waals surface area contributed by atoms with E-state index in [2.05, 4.69) is 64.5 Å². The van der Waals surface area contributed by atoms with Crippen LogP contribution in [0.25, 0.3) is 28.3 Å². The molecule has 5 aliphatic heterocycles. The first-order valence-electron chi connectivity index (χ1n) is 18.1. The number of anilines is 1. The number of hydrogen-bond acceptors (Lipinski definition) is 9. The van der Waals surface area contributed by atoms with Gasteiger partial charge in [0.1, 0.15) is 29.4 Å². The van der Waals surface area contributed by atoms with Gasteiger partial charge in [0.15, 0.2) is 23.4 Å². The number of carbonyl (C=O) groups is 2. The van der Waals surface area contributed by atoms with Crippen LogP contribution in [0.3, 0.4) is 0 Å². The molecule has 7 heterocycles. The molecule has 3 aromatic carbocycles. The lowest BCUT2D eigenvalue weighted by Gasteiger charge is -2.29. The number of carbonyl (C=O) groups excluding carboxylic acids is 2. The van der Waals surface area contributed by atoms with Crippen molar-refractivity contribution in [2.45, 2.75) is 69.4 Å². The van der Waals surface area contributed by atoms with Crippen LogP contribution < -0.4 is 20.7 Å². The topological polar surface area (TPSA) is 141 Å². The minimum Gasteiger partial charge on any atom is -0.469 e. The summed E-state index contributed by atoms with van der Waals surface area (Å²) in [6, 6.07) is 17.3. The van der Waals surface area contributed by atoms with Gasteiger partial charge in [-0.25, -0.2) is 9.97 Å². The molecule has 2 unspecified atom stereocenters. The van der Waals surface area contributed by atoms with Crippen LogP contribution in [0, 0.1) is 5.92 Å². The molecule has 11 nitrogen and oxygen atoms in total. The molecular weight excluding hydrogens is 658 g/mol. The zero-order valence-corrected chi connectivity index (χ0v) is 28.6. The summed E-state index contributed by atoms with van der Waals surface area (Å²) < 4.78 is 26.2. The van der Waals surface area contributed by atoms with E-state index in [-0.39, 0.29) is 24.2 Å². The molecule has 10 bridgehead atoms. The Balaban J connectivity index is 1.19. The Kier molecular flexibility index (Phi) is 6.16. The number of nitrogens with zero attached hydrogens (tertiary/aromatic N) is 2. The Hall–Kier alpha value is -5.68. The number of fused-ring (bicyclic) bond motifs is 7. The first-order valence-corrected chi connectivity index (χ1v) is 18.1. The number of hydrogen-bond donors (Lipinski definition) is 3. The number of aromatic nitrogens is 2. The fourth-order valence-corrected chi connectivity index (χ4v) is 9.15. The zero-order chi connectivity index (χ0) is 34.9. The predicted molar refractivity (Wildman–Crippen MR) is 189 cm³/mol. The third-order valence-electron chi connectivity index (χ3n) is 11.6.